The highest BCUT2D eigenvalue weighted by molar-refractivity contribution is 7.51. The molecule has 5 atom stereocenters. The number of likely N-dealkylation sites (N-methyl/N-ethyl adjacent to an activating group) is 1. The Hall–Kier alpha value is -1.49. The maximum atomic E-state index is 11.8. The molecule has 1 saturated heterocycles. The van der Waals surface area contributed by atoms with Crippen molar-refractivity contribution in [3.8, 4) is 11.5 Å². The molecule has 1 aromatic rings. The molecule has 0 amide bonds. The molecule has 26 heavy (non-hydrogen) atoms. The van der Waals surface area contributed by atoms with Gasteiger partial charge < -0.3 is 24.2 Å². The van der Waals surface area contributed by atoms with E-state index in [0.717, 1.165) is 18.6 Å². The van der Waals surface area contributed by atoms with E-state index in [1.165, 1.54) is 16.8 Å². The van der Waals surface area contributed by atoms with E-state index < -0.39 is 7.60 Å². The molecule has 5 rings (SSSR count). The molecular formula is C19H24NO5P. The molecule has 1 fully saturated rings. The summed E-state index contributed by atoms with van der Waals surface area (Å²) in [6.45, 7) is 2.27. The van der Waals surface area contributed by atoms with Crippen LogP contribution in [0.4, 0.5) is 0 Å². The van der Waals surface area contributed by atoms with Crippen LogP contribution in [0.5, 0.6) is 11.5 Å². The summed E-state index contributed by atoms with van der Waals surface area (Å²) in [7, 11) is -0.403. The van der Waals surface area contributed by atoms with Crippen LogP contribution >= 0.6 is 7.60 Å². The summed E-state index contributed by atoms with van der Waals surface area (Å²) in [4.78, 5) is 21.6. The monoisotopic (exact) mass is 377 g/mol. The van der Waals surface area contributed by atoms with Crippen LogP contribution in [0, 0.1) is 11.8 Å². The van der Waals surface area contributed by atoms with Gasteiger partial charge in [-0.3, -0.25) is 4.57 Å². The maximum Gasteiger partial charge on any atom is 0.326 e. The molecule has 2 aliphatic carbocycles. The molecule has 3 bridgehead atoms. The Balaban J connectivity index is 1.76. The molecule has 0 radical (unpaired) electrons. The zero-order valence-corrected chi connectivity index (χ0v) is 16.1. The zero-order chi connectivity index (χ0) is 18.4. The summed E-state index contributed by atoms with van der Waals surface area (Å²) in [5.41, 5.74) is 3.47. The van der Waals surface area contributed by atoms with E-state index >= 15 is 0 Å². The molecule has 2 N–H and O–H groups in total. The van der Waals surface area contributed by atoms with Gasteiger partial charge in [-0.25, -0.2) is 0 Å². The van der Waals surface area contributed by atoms with Crippen molar-refractivity contribution in [1.29, 1.82) is 0 Å². The second-order valence-electron chi connectivity index (χ2n) is 8.23. The summed E-state index contributed by atoms with van der Waals surface area (Å²) in [6.07, 6.45) is 3.43. The number of ether oxygens (including phenoxy) is 2. The van der Waals surface area contributed by atoms with Gasteiger partial charge in [0.2, 0.25) is 0 Å². The summed E-state index contributed by atoms with van der Waals surface area (Å²) in [5, 5.41) is 0. The molecule has 1 aromatic carbocycles. The fourth-order valence-corrected chi connectivity index (χ4v) is 6.88. The number of hydrogen-bond donors (Lipinski definition) is 2. The number of benzene rings is 1. The molecule has 0 aromatic heterocycles. The Labute approximate surface area is 153 Å². The number of rotatable bonds is 3. The number of fused-ring (bicyclic) bond motifs is 2. The largest absolute Gasteiger partial charge is 0.493 e. The Bertz CT molecular complexity index is 877. The van der Waals surface area contributed by atoms with Crippen LogP contribution in [0.15, 0.2) is 23.9 Å². The Kier molecular flexibility index (Phi) is 3.25. The fraction of sp³-hybridized carbons (Fsp3) is 0.579. The summed E-state index contributed by atoms with van der Waals surface area (Å²) < 4.78 is 23.8. The van der Waals surface area contributed by atoms with Gasteiger partial charge in [-0.15, -0.1) is 0 Å². The van der Waals surface area contributed by atoms with Gasteiger partial charge >= 0.3 is 7.60 Å². The molecule has 1 spiro atoms. The lowest BCUT2D eigenvalue weighted by atomic mass is 9.52. The van der Waals surface area contributed by atoms with Gasteiger partial charge in [0.05, 0.1) is 13.3 Å². The van der Waals surface area contributed by atoms with Crippen molar-refractivity contribution in [3.05, 3.63) is 35.0 Å². The quantitative estimate of drug-likeness (QED) is 0.787. The Morgan fingerprint density at radius 3 is 2.88 bits per heavy atom. The average molecular weight is 377 g/mol. The van der Waals surface area contributed by atoms with E-state index in [0.29, 0.717) is 17.7 Å². The lowest BCUT2D eigenvalue weighted by Gasteiger charge is -2.59. The SMILES string of the molecule is COc1ccc2c3c1O[C@H]1[C@@H](CP(=O)(O)O)C=C4C[C@]31[C@@H](C)[C@@H](C2)N4C. The molecule has 4 aliphatic rings. The van der Waals surface area contributed by atoms with E-state index in [-0.39, 0.29) is 23.6 Å². The van der Waals surface area contributed by atoms with Gasteiger partial charge in [-0.1, -0.05) is 19.1 Å². The molecule has 2 heterocycles. The number of likely N-dealkylation sites (tertiary alicyclic amines) is 1. The van der Waals surface area contributed by atoms with Crippen LogP contribution in [0.2, 0.25) is 0 Å². The van der Waals surface area contributed by atoms with Gasteiger partial charge in [0.25, 0.3) is 0 Å². The molecule has 2 aliphatic heterocycles. The first-order valence-electron chi connectivity index (χ1n) is 9.11. The number of piperidine rings is 1. The number of nitrogens with zero attached hydrogens (tertiary/aromatic N) is 1. The Morgan fingerprint density at radius 2 is 2.19 bits per heavy atom. The number of allylic oxidation sites excluding steroid dienone is 1. The topological polar surface area (TPSA) is 79.2 Å². The van der Waals surface area contributed by atoms with Gasteiger partial charge in [-0.05, 0) is 24.0 Å². The summed E-state index contributed by atoms with van der Waals surface area (Å²) in [5.74, 6) is 1.53. The van der Waals surface area contributed by atoms with Crippen molar-refractivity contribution in [2.75, 3.05) is 20.3 Å². The molecular weight excluding hydrogens is 353 g/mol. The smallest absolute Gasteiger partial charge is 0.326 e. The van der Waals surface area contributed by atoms with Crippen LogP contribution in [0.1, 0.15) is 24.5 Å². The first-order valence-corrected chi connectivity index (χ1v) is 10.9. The second kappa shape index (κ2) is 5.06. The highest BCUT2D eigenvalue weighted by Crippen LogP contribution is 2.65. The molecule has 7 heteroatoms. The first-order chi connectivity index (χ1) is 12.3. The van der Waals surface area contributed by atoms with Gasteiger partial charge in [0.15, 0.2) is 11.5 Å². The van der Waals surface area contributed by atoms with Crippen molar-refractivity contribution >= 4 is 7.60 Å². The van der Waals surface area contributed by atoms with E-state index in [2.05, 4.69) is 24.9 Å². The third-order valence-corrected chi connectivity index (χ3v) is 8.03. The number of hydrogen-bond acceptors (Lipinski definition) is 4. The van der Waals surface area contributed by atoms with Crippen molar-refractivity contribution in [2.24, 2.45) is 11.8 Å². The normalized spacial score (nSPS) is 36.5. The third-order valence-electron chi connectivity index (χ3n) is 7.13. The lowest BCUT2D eigenvalue weighted by Crippen LogP contribution is -2.63. The Morgan fingerprint density at radius 1 is 1.42 bits per heavy atom. The van der Waals surface area contributed by atoms with Crippen LogP contribution in [0.3, 0.4) is 0 Å². The van der Waals surface area contributed by atoms with Crippen LogP contribution in [-0.4, -0.2) is 47.2 Å². The average Bonchev–Trinajstić information content (AvgIpc) is 2.92. The van der Waals surface area contributed by atoms with Crippen molar-refractivity contribution in [2.45, 2.75) is 37.3 Å². The van der Waals surface area contributed by atoms with Crippen LogP contribution < -0.4 is 9.47 Å². The van der Waals surface area contributed by atoms with Gasteiger partial charge in [0.1, 0.15) is 6.10 Å². The van der Waals surface area contributed by atoms with Crippen molar-refractivity contribution in [3.63, 3.8) is 0 Å². The maximum absolute atomic E-state index is 11.8. The van der Waals surface area contributed by atoms with Crippen molar-refractivity contribution < 1.29 is 23.8 Å². The predicted molar refractivity (Wildman–Crippen MR) is 96.6 cm³/mol. The third kappa shape index (κ3) is 1.93. The van der Waals surface area contributed by atoms with E-state index in [4.69, 9.17) is 9.47 Å². The van der Waals surface area contributed by atoms with Gasteiger partial charge in [0, 0.05) is 42.1 Å². The van der Waals surface area contributed by atoms with Crippen LogP contribution in [0.25, 0.3) is 0 Å². The number of methoxy groups -OCH3 is 1. The van der Waals surface area contributed by atoms with E-state index in [1.54, 1.807) is 7.11 Å². The summed E-state index contributed by atoms with van der Waals surface area (Å²) in [6, 6.07) is 4.48. The minimum absolute atomic E-state index is 0.181. The highest BCUT2D eigenvalue weighted by atomic mass is 31.2. The second-order valence-corrected chi connectivity index (χ2v) is 9.92. The minimum atomic E-state index is -4.15. The van der Waals surface area contributed by atoms with E-state index in [1.807, 2.05) is 12.1 Å². The minimum Gasteiger partial charge on any atom is -0.493 e. The molecule has 6 nitrogen and oxygen atoms in total. The van der Waals surface area contributed by atoms with Gasteiger partial charge in [-0.2, -0.15) is 0 Å². The fourth-order valence-electron chi connectivity index (χ4n) is 6.03. The molecule has 0 saturated carbocycles. The highest BCUT2D eigenvalue weighted by Gasteiger charge is 2.65. The first kappa shape index (κ1) is 16.7. The van der Waals surface area contributed by atoms with Crippen LogP contribution in [-0.2, 0) is 16.4 Å². The van der Waals surface area contributed by atoms with E-state index in [9.17, 15) is 14.4 Å². The molecule has 140 valence electrons. The lowest BCUT2D eigenvalue weighted by molar-refractivity contribution is -0.0108. The van der Waals surface area contributed by atoms with Crippen molar-refractivity contribution in [1.82, 2.24) is 4.90 Å². The summed E-state index contributed by atoms with van der Waals surface area (Å²) >= 11 is 0. The molecule has 0 unspecified atom stereocenters. The predicted octanol–water partition coefficient (Wildman–Crippen LogP) is 2.28. The zero-order valence-electron chi connectivity index (χ0n) is 15.2. The standard InChI is InChI=1S/C19H24NO5P/c1-10-14-7-11-4-5-15(24-3)17-16(11)19(10)8-13(20(14)2)6-12(18(19)25-17)9-26(21,22)23/h4-6,10,12,14,18H,7-9H2,1-3H3,(H2,21,22,23)/t10-,12+,14+,18-,19-/m0/s1.